The van der Waals surface area contributed by atoms with E-state index in [2.05, 4.69) is 15.9 Å². The van der Waals surface area contributed by atoms with E-state index >= 15 is 0 Å². The maximum atomic E-state index is 11.6. The predicted molar refractivity (Wildman–Crippen MR) is 67.8 cm³/mol. The summed E-state index contributed by atoms with van der Waals surface area (Å²) in [6, 6.07) is 4.80. The molecule has 0 amide bonds. The highest BCUT2D eigenvalue weighted by molar-refractivity contribution is 9.10. The molecule has 16 heavy (non-hydrogen) atoms. The zero-order valence-corrected chi connectivity index (χ0v) is 11.7. The third kappa shape index (κ3) is 4.23. The van der Waals surface area contributed by atoms with Crippen LogP contribution in [0.4, 0.5) is 0 Å². The van der Waals surface area contributed by atoms with Crippen molar-refractivity contribution in [1.29, 1.82) is 0 Å². The van der Waals surface area contributed by atoms with E-state index in [1.165, 1.54) is 6.07 Å². The second-order valence-corrected chi connectivity index (χ2v) is 6.95. The molecule has 0 saturated heterocycles. The first kappa shape index (κ1) is 13.7. The summed E-state index contributed by atoms with van der Waals surface area (Å²) < 4.78 is 22.5. The van der Waals surface area contributed by atoms with Crippen LogP contribution in [0, 0.1) is 0 Å². The summed E-state index contributed by atoms with van der Waals surface area (Å²) in [5.41, 5.74) is 0.428. The van der Waals surface area contributed by atoms with Crippen LogP contribution in [-0.4, -0.2) is 26.2 Å². The smallest absolute Gasteiger partial charge is 0.163 e. The first-order valence-electron chi connectivity index (χ1n) is 4.45. The van der Waals surface area contributed by atoms with Gasteiger partial charge in [0.2, 0.25) is 0 Å². The number of ketones is 1. The summed E-state index contributed by atoms with van der Waals surface area (Å²) in [6.45, 7) is 0. The van der Waals surface area contributed by atoms with Gasteiger partial charge in [-0.1, -0.05) is 17.7 Å². The van der Waals surface area contributed by atoms with Gasteiger partial charge >= 0.3 is 0 Å². The van der Waals surface area contributed by atoms with E-state index in [9.17, 15) is 13.2 Å². The van der Waals surface area contributed by atoms with Crippen LogP contribution in [0.1, 0.15) is 16.8 Å². The average molecular weight is 326 g/mol. The molecule has 0 aliphatic heterocycles. The second-order valence-electron chi connectivity index (χ2n) is 3.43. The predicted octanol–water partition coefficient (Wildman–Crippen LogP) is 2.72. The van der Waals surface area contributed by atoms with Crippen LogP contribution in [0.5, 0.6) is 0 Å². The van der Waals surface area contributed by atoms with Crippen molar-refractivity contribution in [3.8, 4) is 0 Å². The minimum atomic E-state index is -3.11. The molecule has 88 valence electrons. The summed E-state index contributed by atoms with van der Waals surface area (Å²) in [6.07, 6.45) is 1.09. The van der Waals surface area contributed by atoms with Crippen LogP contribution in [0.3, 0.4) is 0 Å². The van der Waals surface area contributed by atoms with Gasteiger partial charge in [0, 0.05) is 22.7 Å². The highest BCUT2D eigenvalue weighted by Crippen LogP contribution is 2.23. The Kier molecular flexibility index (Phi) is 4.52. The molecule has 0 radical (unpaired) electrons. The summed E-state index contributed by atoms with van der Waals surface area (Å²) in [7, 11) is -3.11. The highest BCUT2D eigenvalue weighted by atomic mass is 79.9. The fourth-order valence-corrected chi connectivity index (χ4v) is 2.08. The Hall–Kier alpha value is -0.390. The van der Waals surface area contributed by atoms with E-state index in [0.29, 0.717) is 15.1 Å². The van der Waals surface area contributed by atoms with E-state index in [4.69, 9.17) is 11.6 Å². The zero-order valence-electron chi connectivity index (χ0n) is 8.54. The number of benzene rings is 1. The van der Waals surface area contributed by atoms with Gasteiger partial charge < -0.3 is 0 Å². The molecule has 0 spiro atoms. The molecule has 0 bridgehead atoms. The Morgan fingerprint density at radius 1 is 1.44 bits per heavy atom. The lowest BCUT2D eigenvalue weighted by Gasteiger charge is -2.02. The zero-order chi connectivity index (χ0) is 12.3. The number of hydrogen-bond acceptors (Lipinski definition) is 3. The molecular weight excluding hydrogens is 316 g/mol. The van der Waals surface area contributed by atoms with Crippen LogP contribution in [-0.2, 0) is 9.84 Å². The van der Waals surface area contributed by atoms with Gasteiger partial charge in [-0.3, -0.25) is 4.79 Å². The normalized spacial score (nSPS) is 11.4. The third-order valence-electron chi connectivity index (χ3n) is 1.94. The summed E-state index contributed by atoms with van der Waals surface area (Å²) in [5.74, 6) is -0.362. The van der Waals surface area contributed by atoms with Gasteiger partial charge in [-0.15, -0.1) is 0 Å². The minimum absolute atomic E-state index is 0.0171. The van der Waals surface area contributed by atoms with Gasteiger partial charge in [0.25, 0.3) is 0 Å². The quantitative estimate of drug-likeness (QED) is 0.800. The fraction of sp³-hybridized carbons (Fsp3) is 0.300. The first-order chi connectivity index (χ1) is 7.29. The lowest BCUT2D eigenvalue weighted by atomic mass is 10.1. The van der Waals surface area contributed by atoms with Crippen molar-refractivity contribution in [3.05, 3.63) is 33.3 Å². The van der Waals surface area contributed by atoms with E-state index in [1.54, 1.807) is 12.1 Å². The lowest BCUT2D eigenvalue weighted by Crippen LogP contribution is -2.09. The van der Waals surface area contributed by atoms with Gasteiger partial charge in [-0.2, -0.15) is 0 Å². The molecule has 1 rings (SSSR count). The number of hydrogen-bond donors (Lipinski definition) is 0. The second kappa shape index (κ2) is 5.29. The largest absolute Gasteiger partial charge is 0.294 e. The SMILES string of the molecule is CS(=O)(=O)CCC(=O)c1ccc(Br)c(Cl)c1. The maximum Gasteiger partial charge on any atom is 0.163 e. The van der Waals surface area contributed by atoms with Gasteiger partial charge in [0.15, 0.2) is 5.78 Å². The van der Waals surface area contributed by atoms with Gasteiger partial charge in [0.05, 0.1) is 10.8 Å². The number of Topliss-reactive ketones (excluding diaryl/α,β-unsaturated/α-hetero) is 1. The van der Waals surface area contributed by atoms with Crippen molar-refractivity contribution in [2.24, 2.45) is 0 Å². The molecule has 0 aromatic heterocycles. The summed E-state index contributed by atoms with van der Waals surface area (Å²) in [4.78, 5) is 11.6. The molecule has 1 aromatic carbocycles. The van der Waals surface area contributed by atoms with Gasteiger partial charge in [0.1, 0.15) is 9.84 Å². The summed E-state index contributed by atoms with van der Waals surface area (Å²) in [5, 5.41) is 0.435. The molecule has 0 saturated carbocycles. The molecule has 0 aliphatic carbocycles. The van der Waals surface area contributed by atoms with Crippen LogP contribution < -0.4 is 0 Å². The molecule has 0 fully saturated rings. The number of carbonyl (C=O) groups excluding carboxylic acids is 1. The van der Waals surface area contributed by atoms with Crippen molar-refractivity contribution < 1.29 is 13.2 Å². The van der Waals surface area contributed by atoms with Crippen LogP contribution in [0.2, 0.25) is 5.02 Å². The Bertz CT molecular complexity index is 511. The molecule has 0 atom stereocenters. The molecular formula is C10H10BrClO3S. The number of halogens is 2. The maximum absolute atomic E-state index is 11.6. The van der Waals surface area contributed by atoms with Crippen molar-refractivity contribution in [2.45, 2.75) is 6.42 Å². The molecule has 3 nitrogen and oxygen atoms in total. The van der Waals surface area contributed by atoms with Gasteiger partial charge in [-0.25, -0.2) is 8.42 Å². The van der Waals surface area contributed by atoms with E-state index in [-0.39, 0.29) is 18.0 Å². The van der Waals surface area contributed by atoms with Crippen LogP contribution >= 0.6 is 27.5 Å². The van der Waals surface area contributed by atoms with Gasteiger partial charge in [-0.05, 0) is 28.1 Å². The summed E-state index contributed by atoms with van der Waals surface area (Å²) >= 11 is 9.04. The highest BCUT2D eigenvalue weighted by Gasteiger charge is 2.11. The van der Waals surface area contributed by atoms with E-state index in [1.807, 2.05) is 0 Å². The number of sulfone groups is 1. The molecule has 6 heteroatoms. The number of carbonyl (C=O) groups is 1. The molecule has 1 aromatic rings. The number of rotatable bonds is 4. The lowest BCUT2D eigenvalue weighted by molar-refractivity contribution is 0.0989. The molecule has 0 heterocycles. The van der Waals surface area contributed by atoms with Crippen molar-refractivity contribution >= 4 is 43.2 Å². The minimum Gasteiger partial charge on any atom is -0.294 e. The van der Waals surface area contributed by atoms with Crippen molar-refractivity contribution in [1.82, 2.24) is 0 Å². The van der Waals surface area contributed by atoms with Crippen LogP contribution in [0.15, 0.2) is 22.7 Å². The fourth-order valence-electron chi connectivity index (χ4n) is 1.09. The Morgan fingerprint density at radius 2 is 2.06 bits per heavy atom. The third-order valence-corrected chi connectivity index (χ3v) is 4.12. The van der Waals surface area contributed by atoms with Crippen molar-refractivity contribution in [3.63, 3.8) is 0 Å². The average Bonchev–Trinajstić information content (AvgIpc) is 2.17. The Labute approximate surface area is 108 Å². The van der Waals surface area contributed by atoms with Crippen LogP contribution in [0.25, 0.3) is 0 Å². The molecule has 0 unspecified atom stereocenters. The van der Waals surface area contributed by atoms with E-state index in [0.717, 1.165) is 6.26 Å². The van der Waals surface area contributed by atoms with Crippen molar-refractivity contribution in [2.75, 3.05) is 12.0 Å². The Balaban J connectivity index is 2.78. The molecule has 0 aliphatic rings. The van der Waals surface area contributed by atoms with E-state index < -0.39 is 9.84 Å². The Morgan fingerprint density at radius 3 is 2.56 bits per heavy atom. The topological polar surface area (TPSA) is 51.2 Å². The standard InChI is InChI=1S/C10H10BrClO3S/c1-16(14,15)5-4-10(13)7-2-3-8(11)9(12)6-7/h2-3,6H,4-5H2,1H3. The molecule has 0 N–H and O–H groups in total. The first-order valence-corrected chi connectivity index (χ1v) is 7.69. The monoisotopic (exact) mass is 324 g/mol.